The van der Waals surface area contributed by atoms with Crippen molar-refractivity contribution in [2.75, 3.05) is 12.4 Å². The summed E-state index contributed by atoms with van der Waals surface area (Å²) >= 11 is 1.30. The van der Waals surface area contributed by atoms with E-state index in [0.717, 1.165) is 28.1 Å². The molecule has 2 aromatic carbocycles. The zero-order valence-corrected chi connectivity index (χ0v) is 15.3. The zero-order valence-electron chi connectivity index (χ0n) is 14.5. The van der Waals surface area contributed by atoms with Crippen LogP contribution in [0.2, 0.25) is 0 Å². The lowest BCUT2D eigenvalue weighted by atomic mass is 10.1. The Kier molecular flexibility index (Phi) is 5.32. The van der Waals surface area contributed by atoms with E-state index in [0.29, 0.717) is 10.6 Å². The third-order valence-electron chi connectivity index (χ3n) is 3.90. The van der Waals surface area contributed by atoms with Crippen LogP contribution >= 0.6 is 11.3 Å². The molecular weight excluding hydrogens is 372 g/mol. The van der Waals surface area contributed by atoms with Gasteiger partial charge in [0.25, 0.3) is 5.91 Å². The number of aryl methyl sites for hydroxylation is 1. The summed E-state index contributed by atoms with van der Waals surface area (Å²) in [5, 5.41) is 2.48. The van der Waals surface area contributed by atoms with Gasteiger partial charge in [-0.25, -0.2) is 13.6 Å². The van der Waals surface area contributed by atoms with Crippen molar-refractivity contribution < 1.29 is 23.1 Å². The van der Waals surface area contributed by atoms with Crippen molar-refractivity contribution in [3.05, 3.63) is 76.2 Å². The van der Waals surface area contributed by atoms with Crippen LogP contribution in [0.3, 0.4) is 0 Å². The van der Waals surface area contributed by atoms with Crippen molar-refractivity contribution in [1.82, 2.24) is 0 Å². The number of carbonyl (C=O) groups is 2. The van der Waals surface area contributed by atoms with Crippen LogP contribution in [0.25, 0.3) is 10.4 Å². The van der Waals surface area contributed by atoms with E-state index in [1.165, 1.54) is 24.5 Å². The largest absolute Gasteiger partial charge is 0.465 e. The average molecular weight is 387 g/mol. The highest BCUT2D eigenvalue weighted by Crippen LogP contribution is 2.33. The third kappa shape index (κ3) is 3.88. The number of methoxy groups -OCH3 is 1. The van der Waals surface area contributed by atoms with Gasteiger partial charge in [0.05, 0.1) is 7.11 Å². The maximum Gasteiger partial charge on any atom is 0.348 e. The average Bonchev–Trinajstić information content (AvgIpc) is 3.03. The van der Waals surface area contributed by atoms with E-state index in [9.17, 15) is 18.4 Å². The van der Waals surface area contributed by atoms with Crippen LogP contribution in [-0.4, -0.2) is 19.0 Å². The molecule has 0 aliphatic rings. The molecule has 1 N–H and O–H groups in total. The molecule has 0 saturated carbocycles. The Morgan fingerprint density at radius 2 is 1.67 bits per heavy atom. The number of nitrogens with one attached hydrogen (secondary N) is 1. The molecule has 0 bridgehead atoms. The number of anilines is 1. The number of hydrogen-bond acceptors (Lipinski definition) is 4. The molecule has 1 amide bonds. The van der Waals surface area contributed by atoms with Crippen LogP contribution < -0.4 is 5.32 Å². The molecule has 0 atom stereocenters. The Labute approximate surface area is 158 Å². The molecule has 27 heavy (non-hydrogen) atoms. The van der Waals surface area contributed by atoms with Gasteiger partial charge in [-0.3, -0.25) is 4.79 Å². The highest BCUT2D eigenvalue weighted by atomic mass is 32.1. The second kappa shape index (κ2) is 7.67. The van der Waals surface area contributed by atoms with Gasteiger partial charge >= 0.3 is 5.97 Å². The number of amides is 1. The fraction of sp³-hybridized carbons (Fsp3) is 0.100. The maximum absolute atomic E-state index is 13.7. The Morgan fingerprint density at radius 3 is 2.26 bits per heavy atom. The first-order valence-corrected chi connectivity index (χ1v) is 8.77. The summed E-state index contributed by atoms with van der Waals surface area (Å²) in [5.41, 5.74) is 1.54. The number of esters is 1. The highest BCUT2D eigenvalue weighted by molar-refractivity contribution is 7.17. The predicted molar refractivity (Wildman–Crippen MR) is 100 cm³/mol. The van der Waals surface area contributed by atoms with E-state index < -0.39 is 29.1 Å². The topological polar surface area (TPSA) is 55.4 Å². The standard InChI is InChI=1S/C20H15F2NO3S/c1-11-10-16(20(25)26-2)27-18(11)12-6-8-13(9-7-12)23-19(24)17-14(21)4-3-5-15(17)22/h3-10H,1-2H3,(H,23,24). The van der Waals surface area contributed by atoms with Gasteiger partial charge in [-0.05, 0) is 48.4 Å². The van der Waals surface area contributed by atoms with Crippen molar-refractivity contribution in [3.8, 4) is 10.4 Å². The molecule has 0 aliphatic carbocycles. The number of thiophene rings is 1. The summed E-state index contributed by atoms with van der Waals surface area (Å²) in [6.45, 7) is 1.88. The minimum atomic E-state index is -0.923. The van der Waals surface area contributed by atoms with Crippen molar-refractivity contribution in [2.45, 2.75) is 6.92 Å². The SMILES string of the molecule is COC(=O)c1cc(C)c(-c2ccc(NC(=O)c3c(F)cccc3F)cc2)s1. The van der Waals surface area contributed by atoms with Gasteiger partial charge in [-0.1, -0.05) is 18.2 Å². The van der Waals surface area contributed by atoms with Crippen LogP contribution in [0.1, 0.15) is 25.6 Å². The fourth-order valence-electron chi connectivity index (χ4n) is 2.58. The van der Waals surface area contributed by atoms with Crippen LogP contribution in [-0.2, 0) is 4.74 Å². The number of halogens is 2. The smallest absolute Gasteiger partial charge is 0.348 e. The third-order valence-corrected chi connectivity index (χ3v) is 5.17. The number of benzene rings is 2. The van der Waals surface area contributed by atoms with Crippen LogP contribution in [0, 0.1) is 18.6 Å². The first-order chi connectivity index (χ1) is 12.9. The molecule has 3 aromatic rings. The van der Waals surface area contributed by atoms with Crippen molar-refractivity contribution in [3.63, 3.8) is 0 Å². The molecule has 7 heteroatoms. The van der Waals surface area contributed by atoms with Crippen LogP contribution in [0.15, 0.2) is 48.5 Å². The minimum Gasteiger partial charge on any atom is -0.465 e. The molecule has 3 rings (SSSR count). The van der Waals surface area contributed by atoms with Gasteiger partial charge in [-0.2, -0.15) is 0 Å². The molecule has 0 fully saturated rings. The maximum atomic E-state index is 13.7. The molecule has 1 aromatic heterocycles. The van der Waals surface area contributed by atoms with E-state index in [-0.39, 0.29) is 0 Å². The minimum absolute atomic E-state index is 0.397. The first-order valence-electron chi connectivity index (χ1n) is 7.95. The Morgan fingerprint density at radius 1 is 1.04 bits per heavy atom. The van der Waals surface area contributed by atoms with Crippen molar-refractivity contribution >= 4 is 28.9 Å². The molecular formula is C20H15F2NO3S. The van der Waals surface area contributed by atoms with E-state index in [2.05, 4.69) is 5.32 Å². The molecule has 0 unspecified atom stereocenters. The van der Waals surface area contributed by atoms with Crippen LogP contribution in [0.5, 0.6) is 0 Å². The van der Waals surface area contributed by atoms with Crippen LogP contribution in [0.4, 0.5) is 14.5 Å². The lowest BCUT2D eigenvalue weighted by Gasteiger charge is -2.08. The highest BCUT2D eigenvalue weighted by Gasteiger charge is 2.17. The Hall–Kier alpha value is -3.06. The van der Waals surface area contributed by atoms with E-state index >= 15 is 0 Å². The van der Waals surface area contributed by atoms with Gasteiger partial charge in [-0.15, -0.1) is 11.3 Å². The van der Waals surface area contributed by atoms with Gasteiger partial charge in [0.2, 0.25) is 0 Å². The van der Waals surface area contributed by atoms with E-state index in [1.54, 1.807) is 30.3 Å². The lowest BCUT2D eigenvalue weighted by molar-refractivity contribution is 0.0606. The summed E-state index contributed by atoms with van der Waals surface area (Å²) in [7, 11) is 1.33. The molecule has 138 valence electrons. The van der Waals surface area contributed by atoms with E-state index in [1.807, 2.05) is 6.92 Å². The van der Waals surface area contributed by atoms with Gasteiger partial charge in [0, 0.05) is 10.6 Å². The Bertz CT molecular complexity index is 992. The van der Waals surface area contributed by atoms with E-state index in [4.69, 9.17) is 4.74 Å². The number of carbonyl (C=O) groups excluding carboxylic acids is 2. The molecule has 4 nitrogen and oxygen atoms in total. The molecule has 0 aliphatic heterocycles. The molecule has 1 heterocycles. The van der Waals surface area contributed by atoms with Gasteiger partial charge in [0.1, 0.15) is 22.1 Å². The quantitative estimate of drug-likeness (QED) is 0.638. The van der Waals surface area contributed by atoms with Gasteiger partial charge in [0.15, 0.2) is 0 Å². The zero-order chi connectivity index (χ0) is 19.6. The summed E-state index contributed by atoms with van der Waals surface area (Å²) in [4.78, 5) is 25.2. The normalized spacial score (nSPS) is 10.5. The fourth-order valence-corrected chi connectivity index (χ4v) is 3.68. The summed E-state index contributed by atoms with van der Waals surface area (Å²) in [5.74, 6) is -3.11. The molecule has 0 spiro atoms. The Balaban J connectivity index is 1.81. The molecule has 0 radical (unpaired) electrons. The summed E-state index contributed by atoms with van der Waals surface area (Å²) < 4.78 is 32.1. The second-order valence-corrected chi connectivity index (χ2v) is 6.79. The second-order valence-electron chi connectivity index (χ2n) is 5.74. The van der Waals surface area contributed by atoms with Crippen molar-refractivity contribution in [2.24, 2.45) is 0 Å². The van der Waals surface area contributed by atoms with Gasteiger partial charge < -0.3 is 10.1 Å². The number of rotatable bonds is 4. The van der Waals surface area contributed by atoms with Crippen molar-refractivity contribution in [1.29, 1.82) is 0 Å². The predicted octanol–water partition coefficient (Wildman–Crippen LogP) is 5.04. The summed E-state index contributed by atoms with van der Waals surface area (Å²) in [6.07, 6.45) is 0. The number of ether oxygens (including phenoxy) is 1. The number of hydrogen-bond donors (Lipinski definition) is 1. The monoisotopic (exact) mass is 387 g/mol. The lowest BCUT2D eigenvalue weighted by Crippen LogP contribution is -2.15. The molecule has 0 saturated heterocycles. The first kappa shape index (κ1) is 18.7. The summed E-state index contributed by atoms with van der Waals surface area (Å²) in [6, 6.07) is 11.8.